The molecule has 0 aliphatic carbocycles. The van der Waals surface area contributed by atoms with Gasteiger partial charge in [-0.25, -0.2) is 4.79 Å². The number of benzene rings is 1. The number of halogens is 1. The van der Waals surface area contributed by atoms with E-state index in [2.05, 4.69) is 22.0 Å². The fraction of sp³-hybridized carbons (Fsp3) is 0.333. The van der Waals surface area contributed by atoms with Crippen molar-refractivity contribution in [3.63, 3.8) is 0 Å². The topological polar surface area (TPSA) is 53.3 Å². The molecule has 1 atom stereocenters. The summed E-state index contributed by atoms with van der Waals surface area (Å²) in [7, 11) is 0. The first kappa shape index (κ1) is 11.9. The van der Waals surface area contributed by atoms with E-state index in [0.29, 0.717) is 6.54 Å². The van der Waals surface area contributed by atoms with Gasteiger partial charge in [-0.2, -0.15) is 5.26 Å². The molecule has 0 bridgehead atoms. The summed E-state index contributed by atoms with van der Waals surface area (Å²) in [5, 5.41) is 8.88. The Morgan fingerprint density at radius 2 is 2.35 bits per heavy atom. The van der Waals surface area contributed by atoms with Crippen LogP contribution in [0.5, 0.6) is 0 Å². The van der Waals surface area contributed by atoms with Gasteiger partial charge >= 0.3 is 6.09 Å². The lowest BCUT2D eigenvalue weighted by molar-refractivity contribution is 0.127. The Kier molecular flexibility index (Phi) is 3.34. The van der Waals surface area contributed by atoms with Gasteiger partial charge in [-0.1, -0.05) is 6.07 Å². The van der Waals surface area contributed by atoms with E-state index in [9.17, 15) is 4.79 Å². The molecule has 1 aliphatic heterocycles. The van der Waals surface area contributed by atoms with Crippen molar-refractivity contribution in [2.45, 2.75) is 6.92 Å². The highest BCUT2D eigenvalue weighted by Crippen LogP contribution is 2.29. The molecule has 1 aromatic rings. The Bertz CT molecular complexity index is 496. The van der Waals surface area contributed by atoms with E-state index in [4.69, 9.17) is 10.00 Å². The Balaban J connectivity index is 2.31. The maximum absolute atomic E-state index is 11.7. The van der Waals surface area contributed by atoms with Crippen LogP contribution in [0, 0.1) is 24.2 Å². The molecule has 0 spiro atoms. The molecule has 0 radical (unpaired) electrons. The molecular weight excluding hydrogens is 284 g/mol. The highest BCUT2D eigenvalue weighted by atomic mass is 79.9. The molecule has 4 nitrogen and oxygen atoms in total. The Morgan fingerprint density at radius 3 is 3.00 bits per heavy atom. The first-order valence-corrected chi connectivity index (χ1v) is 6.01. The Hall–Kier alpha value is -1.54. The van der Waals surface area contributed by atoms with Crippen molar-refractivity contribution in [2.75, 3.05) is 18.1 Å². The highest BCUT2D eigenvalue weighted by molar-refractivity contribution is 9.10. The summed E-state index contributed by atoms with van der Waals surface area (Å²) in [5.41, 5.74) is 1.84. The normalized spacial score (nSPS) is 19.7. The third-order valence-corrected chi connectivity index (χ3v) is 3.24. The molecular formula is C12H11BrN2O2. The van der Waals surface area contributed by atoms with Gasteiger partial charge in [0, 0.05) is 11.0 Å². The van der Waals surface area contributed by atoms with Crippen LogP contribution < -0.4 is 4.90 Å². The minimum Gasteiger partial charge on any atom is -0.448 e. The summed E-state index contributed by atoms with van der Waals surface area (Å²) in [6, 6.07) is 7.82. The monoisotopic (exact) mass is 294 g/mol. The van der Waals surface area contributed by atoms with Gasteiger partial charge in [0.1, 0.15) is 6.61 Å². The van der Waals surface area contributed by atoms with Crippen molar-refractivity contribution < 1.29 is 9.53 Å². The molecule has 1 aliphatic rings. The van der Waals surface area contributed by atoms with Crippen molar-refractivity contribution in [1.82, 2.24) is 0 Å². The van der Waals surface area contributed by atoms with Gasteiger partial charge in [0.15, 0.2) is 0 Å². The van der Waals surface area contributed by atoms with Gasteiger partial charge in [-0.3, -0.25) is 4.90 Å². The minimum atomic E-state index is -0.402. The number of ether oxygens (including phenoxy) is 1. The summed E-state index contributed by atoms with van der Waals surface area (Å²) >= 11 is 3.42. The quantitative estimate of drug-likeness (QED) is 0.800. The fourth-order valence-electron chi connectivity index (χ4n) is 1.70. The molecule has 1 unspecified atom stereocenters. The van der Waals surface area contributed by atoms with Gasteiger partial charge in [0.05, 0.1) is 17.7 Å². The van der Waals surface area contributed by atoms with Gasteiger partial charge in [-0.05, 0) is 40.5 Å². The lowest BCUT2D eigenvalue weighted by atomic mass is 10.1. The molecule has 0 aromatic heterocycles. The lowest BCUT2D eigenvalue weighted by Gasteiger charge is -2.29. The van der Waals surface area contributed by atoms with Crippen molar-refractivity contribution in [3.05, 3.63) is 28.2 Å². The zero-order valence-electron chi connectivity index (χ0n) is 9.31. The predicted octanol–water partition coefficient (Wildman–Crippen LogP) is 2.85. The van der Waals surface area contributed by atoms with Crippen LogP contribution in [0.2, 0.25) is 0 Å². The number of hydrogen-bond donors (Lipinski definition) is 0. The number of nitrogens with zero attached hydrogens (tertiary/aromatic N) is 2. The average molecular weight is 295 g/mol. The number of anilines is 1. The van der Waals surface area contributed by atoms with Crippen LogP contribution in [0.25, 0.3) is 0 Å². The van der Waals surface area contributed by atoms with Gasteiger partial charge in [-0.15, -0.1) is 0 Å². The Morgan fingerprint density at radius 1 is 1.59 bits per heavy atom. The highest BCUT2D eigenvalue weighted by Gasteiger charge is 2.29. The molecule has 17 heavy (non-hydrogen) atoms. The summed E-state index contributed by atoms with van der Waals surface area (Å²) in [5.74, 6) is -0.277. The fourth-order valence-corrected chi connectivity index (χ4v) is 2.41. The van der Waals surface area contributed by atoms with E-state index in [1.165, 1.54) is 4.90 Å². The molecule has 88 valence electrons. The number of nitriles is 1. The number of carbonyl (C=O) groups is 1. The van der Waals surface area contributed by atoms with Crippen LogP contribution in [0.3, 0.4) is 0 Å². The van der Waals surface area contributed by atoms with Crippen LogP contribution in [-0.2, 0) is 4.74 Å². The van der Waals surface area contributed by atoms with Gasteiger partial charge < -0.3 is 4.74 Å². The number of carbonyl (C=O) groups excluding carboxylic acids is 1. The molecule has 2 rings (SSSR count). The number of cyclic esters (lactones) is 1. The number of amides is 1. The first-order valence-electron chi connectivity index (χ1n) is 5.22. The van der Waals surface area contributed by atoms with Crippen LogP contribution in [0.15, 0.2) is 22.7 Å². The molecule has 1 aromatic carbocycles. The molecule has 1 amide bonds. The largest absolute Gasteiger partial charge is 0.448 e. The first-order chi connectivity index (χ1) is 8.11. The smallest absolute Gasteiger partial charge is 0.414 e. The van der Waals surface area contributed by atoms with E-state index in [0.717, 1.165) is 15.7 Å². The lowest BCUT2D eigenvalue weighted by Crippen LogP contribution is -2.42. The predicted molar refractivity (Wildman–Crippen MR) is 66.7 cm³/mol. The minimum absolute atomic E-state index is 0.176. The van der Waals surface area contributed by atoms with Gasteiger partial charge in [0.25, 0.3) is 0 Å². The standard InChI is InChI=1S/C12H11BrN2O2/c1-8-2-3-11(10(13)4-8)15-6-9(5-14)7-17-12(15)16/h2-4,9H,6-7H2,1H3. The van der Waals surface area contributed by atoms with E-state index in [1.807, 2.05) is 25.1 Å². The second kappa shape index (κ2) is 4.76. The van der Waals surface area contributed by atoms with Crippen LogP contribution in [-0.4, -0.2) is 19.2 Å². The van der Waals surface area contributed by atoms with Crippen LogP contribution in [0.1, 0.15) is 5.56 Å². The second-order valence-corrected chi connectivity index (χ2v) is 4.82. The second-order valence-electron chi connectivity index (χ2n) is 3.97. The van der Waals surface area contributed by atoms with Crippen molar-refractivity contribution in [1.29, 1.82) is 5.26 Å². The van der Waals surface area contributed by atoms with E-state index in [-0.39, 0.29) is 12.5 Å². The molecule has 1 heterocycles. The maximum Gasteiger partial charge on any atom is 0.414 e. The summed E-state index contributed by atoms with van der Waals surface area (Å²) < 4.78 is 5.80. The molecule has 0 N–H and O–H groups in total. The SMILES string of the molecule is Cc1ccc(N2CC(C#N)COC2=O)c(Br)c1. The molecule has 0 saturated carbocycles. The van der Waals surface area contributed by atoms with E-state index < -0.39 is 6.09 Å². The molecule has 1 saturated heterocycles. The number of rotatable bonds is 1. The third-order valence-electron chi connectivity index (χ3n) is 2.61. The average Bonchev–Trinajstić information content (AvgIpc) is 2.30. The zero-order valence-corrected chi connectivity index (χ0v) is 10.9. The number of aryl methyl sites for hydroxylation is 1. The van der Waals surface area contributed by atoms with E-state index in [1.54, 1.807) is 0 Å². The summed E-state index contributed by atoms with van der Waals surface area (Å²) in [6.45, 7) is 2.52. The third kappa shape index (κ3) is 2.42. The maximum atomic E-state index is 11.7. The Labute approximate surface area is 108 Å². The van der Waals surface area contributed by atoms with E-state index >= 15 is 0 Å². The van der Waals surface area contributed by atoms with Crippen molar-refractivity contribution in [3.8, 4) is 6.07 Å². The summed E-state index contributed by atoms with van der Waals surface area (Å²) in [4.78, 5) is 13.2. The van der Waals surface area contributed by atoms with Crippen molar-refractivity contribution >= 4 is 27.7 Å². The molecule has 1 fully saturated rings. The number of hydrogen-bond acceptors (Lipinski definition) is 3. The zero-order chi connectivity index (χ0) is 12.4. The summed E-state index contributed by atoms with van der Waals surface area (Å²) in [6.07, 6.45) is -0.402. The van der Waals surface area contributed by atoms with Crippen LogP contribution in [0.4, 0.5) is 10.5 Å². The molecule has 5 heteroatoms. The van der Waals surface area contributed by atoms with Gasteiger partial charge in [0.2, 0.25) is 0 Å². The van der Waals surface area contributed by atoms with Crippen LogP contribution >= 0.6 is 15.9 Å². The van der Waals surface area contributed by atoms with Crippen molar-refractivity contribution in [2.24, 2.45) is 5.92 Å².